The number of rotatable bonds is 6. The van der Waals surface area contributed by atoms with Crippen molar-refractivity contribution >= 4 is 15.9 Å². The lowest BCUT2D eigenvalue weighted by Crippen LogP contribution is -2.43. The normalized spacial score (nSPS) is 16.1. The number of sulfonamides is 1. The second-order valence-corrected chi connectivity index (χ2v) is 7.65. The Morgan fingerprint density at radius 3 is 2.55 bits per heavy atom. The maximum Gasteiger partial charge on any atom is 0.235 e. The van der Waals surface area contributed by atoms with Crippen molar-refractivity contribution in [3.63, 3.8) is 0 Å². The van der Waals surface area contributed by atoms with E-state index in [0.29, 0.717) is 0 Å². The fourth-order valence-corrected chi connectivity index (χ4v) is 3.34. The van der Waals surface area contributed by atoms with Crippen molar-refractivity contribution in [2.24, 2.45) is 0 Å². The summed E-state index contributed by atoms with van der Waals surface area (Å²) in [5, 5.41) is 2.84. The molecule has 0 heterocycles. The van der Waals surface area contributed by atoms with Crippen molar-refractivity contribution in [1.82, 2.24) is 9.62 Å². The predicted octanol–water partition coefficient (Wildman–Crippen LogP) is 1.65. The lowest BCUT2D eigenvalue weighted by atomic mass is 10.2. The minimum atomic E-state index is -3.60. The van der Waals surface area contributed by atoms with Crippen molar-refractivity contribution in [2.75, 3.05) is 12.8 Å². The Labute approximate surface area is 130 Å². The van der Waals surface area contributed by atoms with Crippen LogP contribution < -0.4 is 5.32 Å². The molecule has 1 aliphatic carbocycles. The summed E-state index contributed by atoms with van der Waals surface area (Å²) >= 11 is 0. The molecule has 1 amide bonds. The highest BCUT2D eigenvalue weighted by molar-refractivity contribution is 7.88. The molecule has 22 heavy (non-hydrogen) atoms. The summed E-state index contributed by atoms with van der Waals surface area (Å²) in [4.78, 5) is 12.0. The molecular weight excluding hydrogens is 307 g/mol. The van der Waals surface area contributed by atoms with E-state index in [1.807, 2.05) is 0 Å². The van der Waals surface area contributed by atoms with Crippen LogP contribution in [0.15, 0.2) is 24.3 Å². The number of carbonyl (C=O) groups excluding carboxylic acids is 1. The van der Waals surface area contributed by atoms with E-state index in [0.717, 1.165) is 36.2 Å². The van der Waals surface area contributed by atoms with Gasteiger partial charge >= 0.3 is 0 Å². The molecular formula is C15H21FN2O3S. The third kappa shape index (κ3) is 4.78. The third-order valence-corrected chi connectivity index (χ3v) is 5.01. The van der Waals surface area contributed by atoms with E-state index in [-0.39, 0.29) is 30.6 Å². The van der Waals surface area contributed by atoms with E-state index in [1.54, 1.807) is 6.07 Å². The molecule has 1 aromatic rings. The number of nitrogens with zero attached hydrogens (tertiary/aromatic N) is 1. The van der Waals surface area contributed by atoms with E-state index in [4.69, 9.17) is 0 Å². The molecule has 122 valence electrons. The van der Waals surface area contributed by atoms with Gasteiger partial charge in [0.25, 0.3) is 0 Å². The third-order valence-electron chi connectivity index (χ3n) is 3.81. The van der Waals surface area contributed by atoms with Gasteiger partial charge in [-0.2, -0.15) is 4.31 Å². The first-order valence-electron chi connectivity index (χ1n) is 7.34. The van der Waals surface area contributed by atoms with Crippen LogP contribution in [0.25, 0.3) is 0 Å². The number of nitrogens with one attached hydrogen (secondary N) is 1. The average Bonchev–Trinajstić information content (AvgIpc) is 2.92. The van der Waals surface area contributed by atoms with Crippen molar-refractivity contribution in [2.45, 2.75) is 38.3 Å². The molecule has 1 fully saturated rings. The Bertz CT molecular complexity index is 627. The summed E-state index contributed by atoms with van der Waals surface area (Å²) in [6, 6.07) is 6.09. The van der Waals surface area contributed by atoms with Gasteiger partial charge in [-0.05, 0) is 18.9 Å². The highest BCUT2D eigenvalue weighted by atomic mass is 32.2. The fourth-order valence-electron chi connectivity index (χ4n) is 2.61. The summed E-state index contributed by atoms with van der Waals surface area (Å²) in [7, 11) is -3.60. The van der Waals surface area contributed by atoms with Crippen molar-refractivity contribution in [3.8, 4) is 0 Å². The molecule has 2 rings (SSSR count). The van der Waals surface area contributed by atoms with E-state index >= 15 is 0 Å². The molecule has 0 aliphatic heterocycles. The molecule has 1 saturated carbocycles. The highest BCUT2D eigenvalue weighted by Gasteiger charge is 2.24. The van der Waals surface area contributed by atoms with Crippen LogP contribution in [0.5, 0.6) is 0 Å². The van der Waals surface area contributed by atoms with Crippen molar-refractivity contribution in [3.05, 3.63) is 35.6 Å². The summed E-state index contributed by atoms with van der Waals surface area (Å²) in [6.07, 6.45) is 5.04. The largest absolute Gasteiger partial charge is 0.352 e. The number of benzene rings is 1. The monoisotopic (exact) mass is 328 g/mol. The summed E-state index contributed by atoms with van der Waals surface area (Å²) < 4.78 is 38.4. The Morgan fingerprint density at radius 1 is 1.32 bits per heavy atom. The van der Waals surface area contributed by atoms with E-state index in [9.17, 15) is 17.6 Å². The van der Waals surface area contributed by atoms with Crippen LogP contribution in [-0.2, 0) is 21.4 Å². The lowest BCUT2D eigenvalue weighted by molar-refractivity contribution is -0.122. The molecule has 1 aromatic carbocycles. The van der Waals surface area contributed by atoms with Gasteiger partial charge in [-0.25, -0.2) is 12.8 Å². The summed E-state index contributed by atoms with van der Waals surface area (Å²) in [6.45, 7) is -0.437. The maximum atomic E-state index is 13.7. The Balaban J connectivity index is 2.03. The van der Waals surface area contributed by atoms with Crippen LogP contribution in [0.1, 0.15) is 31.2 Å². The van der Waals surface area contributed by atoms with E-state index < -0.39 is 15.8 Å². The molecule has 0 saturated heterocycles. The zero-order valence-electron chi connectivity index (χ0n) is 12.6. The van der Waals surface area contributed by atoms with E-state index in [1.165, 1.54) is 18.2 Å². The van der Waals surface area contributed by atoms with Crippen LogP contribution in [0.3, 0.4) is 0 Å². The van der Waals surface area contributed by atoms with Gasteiger partial charge < -0.3 is 5.32 Å². The van der Waals surface area contributed by atoms with Gasteiger partial charge in [0.15, 0.2) is 0 Å². The topological polar surface area (TPSA) is 66.5 Å². The Kier molecular flexibility index (Phi) is 5.52. The molecule has 7 heteroatoms. The van der Waals surface area contributed by atoms with Crippen LogP contribution in [0.2, 0.25) is 0 Å². The molecule has 0 aromatic heterocycles. The van der Waals surface area contributed by atoms with Crippen LogP contribution in [0, 0.1) is 5.82 Å². The number of amides is 1. The minimum absolute atomic E-state index is 0.127. The second kappa shape index (κ2) is 7.19. The number of hydrogen-bond donors (Lipinski definition) is 1. The molecule has 0 radical (unpaired) electrons. The zero-order valence-corrected chi connectivity index (χ0v) is 13.4. The van der Waals surface area contributed by atoms with Crippen molar-refractivity contribution < 1.29 is 17.6 Å². The van der Waals surface area contributed by atoms with E-state index in [2.05, 4.69) is 5.32 Å². The first-order valence-corrected chi connectivity index (χ1v) is 9.19. The molecule has 0 bridgehead atoms. The van der Waals surface area contributed by atoms with Gasteiger partial charge in [-0.15, -0.1) is 0 Å². The van der Waals surface area contributed by atoms with Gasteiger partial charge in [-0.1, -0.05) is 31.0 Å². The van der Waals surface area contributed by atoms with Crippen LogP contribution in [0.4, 0.5) is 4.39 Å². The number of carbonyl (C=O) groups is 1. The summed E-state index contributed by atoms with van der Waals surface area (Å²) in [5.74, 6) is -0.819. The van der Waals surface area contributed by atoms with Gasteiger partial charge in [0, 0.05) is 18.2 Å². The quantitative estimate of drug-likeness (QED) is 0.863. The lowest BCUT2D eigenvalue weighted by Gasteiger charge is -2.21. The average molecular weight is 328 g/mol. The Hall–Kier alpha value is -1.47. The smallest absolute Gasteiger partial charge is 0.235 e. The molecule has 0 unspecified atom stereocenters. The van der Waals surface area contributed by atoms with Gasteiger partial charge in [0.1, 0.15) is 5.82 Å². The maximum absolute atomic E-state index is 13.7. The standard InChI is InChI=1S/C15H21FN2O3S/c1-22(20,21)18(10-12-6-2-5-9-14(12)16)11-15(19)17-13-7-3-4-8-13/h2,5-6,9,13H,3-4,7-8,10-11H2,1H3,(H,17,19). The first-order chi connectivity index (χ1) is 10.4. The first kappa shape index (κ1) is 16.9. The Morgan fingerprint density at radius 2 is 1.95 bits per heavy atom. The summed E-state index contributed by atoms with van der Waals surface area (Å²) in [5.41, 5.74) is 0.251. The number of hydrogen-bond acceptors (Lipinski definition) is 3. The minimum Gasteiger partial charge on any atom is -0.352 e. The van der Waals surface area contributed by atoms with Gasteiger partial charge in [-0.3, -0.25) is 4.79 Å². The van der Waals surface area contributed by atoms with Crippen LogP contribution in [-0.4, -0.2) is 37.5 Å². The molecule has 0 atom stereocenters. The van der Waals surface area contributed by atoms with Gasteiger partial charge in [0.05, 0.1) is 12.8 Å². The number of halogens is 1. The molecule has 0 spiro atoms. The SMILES string of the molecule is CS(=O)(=O)N(CC(=O)NC1CCCC1)Cc1ccccc1F. The van der Waals surface area contributed by atoms with Crippen LogP contribution >= 0.6 is 0 Å². The molecule has 1 aliphatic rings. The molecule has 5 nitrogen and oxygen atoms in total. The molecule has 1 N–H and O–H groups in total. The highest BCUT2D eigenvalue weighted by Crippen LogP contribution is 2.18. The van der Waals surface area contributed by atoms with Gasteiger partial charge in [0.2, 0.25) is 15.9 Å². The predicted molar refractivity (Wildman–Crippen MR) is 82.1 cm³/mol. The van der Waals surface area contributed by atoms with Crippen molar-refractivity contribution in [1.29, 1.82) is 0 Å². The fraction of sp³-hybridized carbons (Fsp3) is 0.533. The second-order valence-electron chi connectivity index (χ2n) is 5.67. The zero-order chi connectivity index (χ0) is 16.2.